The van der Waals surface area contributed by atoms with Crippen LogP contribution in [-0.2, 0) is 6.54 Å². The minimum Gasteiger partial charge on any atom is -0.493 e. The van der Waals surface area contributed by atoms with Crippen molar-refractivity contribution >= 4 is 5.69 Å². The number of ether oxygens (including phenoxy) is 2. The molecular formula is C15H25N3O3. The summed E-state index contributed by atoms with van der Waals surface area (Å²) < 4.78 is 10.6. The van der Waals surface area contributed by atoms with Crippen molar-refractivity contribution in [2.75, 3.05) is 59.3 Å². The number of aliphatic hydroxyl groups is 1. The Balaban J connectivity index is 2.00. The van der Waals surface area contributed by atoms with E-state index in [1.165, 1.54) is 0 Å². The summed E-state index contributed by atoms with van der Waals surface area (Å²) in [5, 5.41) is 8.97. The zero-order valence-corrected chi connectivity index (χ0v) is 12.8. The fourth-order valence-corrected chi connectivity index (χ4v) is 2.63. The third kappa shape index (κ3) is 4.00. The van der Waals surface area contributed by atoms with Gasteiger partial charge in [-0.05, 0) is 11.6 Å². The summed E-state index contributed by atoms with van der Waals surface area (Å²) in [4.78, 5) is 4.64. The lowest BCUT2D eigenvalue weighted by molar-refractivity contribution is 0.108. The van der Waals surface area contributed by atoms with Crippen molar-refractivity contribution in [2.45, 2.75) is 6.54 Å². The Morgan fingerprint density at radius 3 is 2.19 bits per heavy atom. The van der Waals surface area contributed by atoms with Crippen LogP contribution in [0.15, 0.2) is 12.1 Å². The molecule has 6 heteroatoms. The summed E-state index contributed by atoms with van der Waals surface area (Å²) in [6, 6.07) is 3.77. The normalized spacial score (nSPS) is 16.9. The van der Waals surface area contributed by atoms with Gasteiger partial charge in [0.25, 0.3) is 0 Å². The van der Waals surface area contributed by atoms with E-state index in [4.69, 9.17) is 20.3 Å². The monoisotopic (exact) mass is 295 g/mol. The molecule has 3 N–H and O–H groups in total. The molecule has 0 atom stereocenters. The van der Waals surface area contributed by atoms with Crippen LogP contribution in [0.4, 0.5) is 5.69 Å². The number of nitrogens with zero attached hydrogens (tertiary/aromatic N) is 2. The number of anilines is 1. The molecule has 1 fully saturated rings. The van der Waals surface area contributed by atoms with Crippen molar-refractivity contribution in [2.24, 2.45) is 0 Å². The predicted octanol–water partition coefficient (Wildman–Crippen LogP) is 0.396. The van der Waals surface area contributed by atoms with E-state index in [-0.39, 0.29) is 6.61 Å². The number of nitrogen functional groups attached to an aromatic ring is 1. The molecule has 0 radical (unpaired) electrons. The Bertz CT molecular complexity index is 460. The summed E-state index contributed by atoms with van der Waals surface area (Å²) in [6.07, 6.45) is 0. The Morgan fingerprint density at radius 1 is 1.05 bits per heavy atom. The van der Waals surface area contributed by atoms with Crippen LogP contribution in [0.25, 0.3) is 0 Å². The van der Waals surface area contributed by atoms with E-state index in [2.05, 4.69) is 9.80 Å². The zero-order valence-electron chi connectivity index (χ0n) is 12.8. The first-order valence-electron chi connectivity index (χ1n) is 7.24. The highest BCUT2D eigenvalue weighted by Crippen LogP contribution is 2.32. The van der Waals surface area contributed by atoms with Gasteiger partial charge in [0.05, 0.1) is 20.8 Å². The number of methoxy groups -OCH3 is 2. The lowest BCUT2D eigenvalue weighted by atomic mass is 10.1. The fraction of sp³-hybridized carbons (Fsp3) is 0.600. The Kier molecular flexibility index (Phi) is 5.67. The molecule has 0 spiro atoms. The quantitative estimate of drug-likeness (QED) is 0.740. The first-order valence-corrected chi connectivity index (χ1v) is 7.24. The van der Waals surface area contributed by atoms with Crippen molar-refractivity contribution in [1.29, 1.82) is 0 Å². The van der Waals surface area contributed by atoms with Gasteiger partial charge < -0.3 is 20.3 Å². The van der Waals surface area contributed by atoms with Gasteiger partial charge in [-0.2, -0.15) is 0 Å². The summed E-state index contributed by atoms with van der Waals surface area (Å²) in [5.74, 6) is 1.37. The molecule has 118 valence electrons. The van der Waals surface area contributed by atoms with Crippen LogP contribution in [0.5, 0.6) is 11.5 Å². The average molecular weight is 295 g/mol. The smallest absolute Gasteiger partial charge is 0.162 e. The molecule has 0 saturated carbocycles. The molecule has 21 heavy (non-hydrogen) atoms. The molecule has 1 saturated heterocycles. The maximum absolute atomic E-state index is 8.97. The molecular weight excluding hydrogens is 270 g/mol. The predicted molar refractivity (Wildman–Crippen MR) is 82.8 cm³/mol. The highest BCUT2D eigenvalue weighted by atomic mass is 16.5. The number of nitrogens with two attached hydrogens (primary N) is 1. The number of rotatable bonds is 6. The molecule has 1 aliphatic heterocycles. The second-order valence-corrected chi connectivity index (χ2v) is 5.25. The van der Waals surface area contributed by atoms with Crippen molar-refractivity contribution in [1.82, 2.24) is 9.80 Å². The van der Waals surface area contributed by atoms with E-state index in [1.807, 2.05) is 12.1 Å². The number of hydrogen-bond donors (Lipinski definition) is 2. The zero-order chi connectivity index (χ0) is 15.2. The molecule has 0 bridgehead atoms. The molecule has 0 aromatic heterocycles. The molecule has 1 aromatic rings. The fourth-order valence-electron chi connectivity index (χ4n) is 2.63. The standard InChI is InChI=1S/C15H25N3O3/c1-20-14-9-12(13(16)10-15(14)21-2)11-18-5-3-17(4-6-18)7-8-19/h9-10,19H,3-8,11,16H2,1-2H3. The third-order valence-corrected chi connectivity index (χ3v) is 3.92. The number of aliphatic hydroxyl groups excluding tert-OH is 1. The van der Waals surface area contributed by atoms with Crippen LogP contribution in [0.2, 0.25) is 0 Å². The van der Waals surface area contributed by atoms with Gasteiger partial charge in [0.2, 0.25) is 0 Å². The van der Waals surface area contributed by atoms with E-state index in [0.717, 1.165) is 50.5 Å². The molecule has 1 aromatic carbocycles. The molecule has 6 nitrogen and oxygen atoms in total. The van der Waals surface area contributed by atoms with Gasteiger partial charge in [0.1, 0.15) is 0 Å². The van der Waals surface area contributed by atoms with Crippen LogP contribution in [0.3, 0.4) is 0 Å². The summed E-state index contributed by atoms with van der Waals surface area (Å²) in [7, 11) is 3.24. The molecule has 1 aliphatic rings. The van der Waals surface area contributed by atoms with E-state index in [1.54, 1.807) is 14.2 Å². The first kappa shape index (κ1) is 15.9. The van der Waals surface area contributed by atoms with Gasteiger partial charge in [-0.25, -0.2) is 0 Å². The number of piperazine rings is 1. The third-order valence-electron chi connectivity index (χ3n) is 3.92. The molecule has 0 amide bonds. The van der Waals surface area contributed by atoms with Gasteiger partial charge in [-0.1, -0.05) is 0 Å². The Morgan fingerprint density at radius 2 is 1.62 bits per heavy atom. The van der Waals surface area contributed by atoms with Crippen molar-refractivity contribution in [3.05, 3.63) is 17.7 Å². The lowest BCUT2D eigenvalue weighted by Gasteiger charge is -2.34. The Labute approximate surface area is 126 Å². The minimum atomic E-state index is 0.225. The van der Waals surface area contributed by atoms with Crippen LogP contribution in [0, 0.1) is 0 Å². The lowest BCUT2D eigenvalue weighted by Crippen LogP contribution is -2.46. The Hall–Kier alpha value is -1.50. The van der Waals surface area contributed by atoms with E-state index in [9.17, 15) is 0 Å². The average Bonchev–Trinajstić information content (AvgIpc) is 2.51. The van der Waals surface area contributed by atoms with Gasteiger partial charge in [-0.3, -0.25) is 9.80 Å². The van der Waals surface area contributed by atoms with Crippen molar-refractivity contribution < 1.29 is 14.6 Å². The van der Waals surface area contributed by atoms with Crippen LogP contribution >= 0.6 is 0 Å². The number of benzene rings is 1. The summed E-state index contributed by atoms with van der Waals surface area (Å²) in [6.45, 7) is 5.71. The van der Waals surface area contributed by atoms with Crippen LogP contribution in [-0.4, -0.2) is 68.5 Å². The van der Waals surface area contributed by atoms with E-state index >= 15 is 0 Å². The van der Waals surface area contributed by atoms with Gasteiger partial charge in [0.15, 0.2) is 11.5 Å². The maximum Gasteiger partial charge on any atom is 0.162 e. The first-order chi connectivity index (χ1) is 10.2. The highest BCUT2D eigenvalue weighted by molar-refractivity contribution is 5.57. The SMILES string of the molecule is COc1cc(N)c(CN2CCN(CCO)CC2)cc1OC. The van der Waals surface area contributed by atoms with E-state index in [0.29, 0.717) is 11.5 Å². The molecule has 2 rings (SSSR count). The van der Waals surface area contributed by atoms with Crippen molar-refractivity contribution in [3.8, 4) is 11.5 Å². The largest absolute Gasteiger partial charge is 0.493 e. The molecule has 1 heterocycles. The second kappa shape index (κ2) is 7.49. The minimum absolute atomic E-state index is 0.225. The summed E-state index contributed by atoms with van der Waals surface area (Å²) in [5.41, 5.74) is 7.89. The number of β-amino-alcohol motifs (C(OH)–C–C–N with tert-alkyl or cyclic N) is 1. The number of hydrogen-bond acceptors (Lipinski definition) is 6. The topological polar surface area (TPSA) is 71.2 Å². The highest BCUT2D eigenvalue weighted by Gasteiger charge is 2.18. The van der Waals surface area contributed by atoms with Crippen LogP contribution < -0.4 is 15.2 Å². The van der Waals surface area contributed by atoms with E-state index < -0.39 is 0 Å². The second-order valence-electron chi connectivity index (χ2n) is 5.25. The maximum atomic E-state index is 8.97. The van der Waals surface area contributed by atoms with Gasteiger partial charge in [-0.15, -0.1) is 0 Å². The summed E-state index contributed by atoms with van der Waals surface area (Å²) >= 11 is 0. The molecule has 0 unspecified atom stereocenters. The van der Waals surface area contributed by atoms with Gasteiger partial charge >= 0.3 is 0 Å². The van der Waals surface area contributed by atoms with Crippen LogP contribution in [0.1, 0.15) is 5.56 Å². The molecule has 0 aliphatic carbocycles. The van der Waals surface area contributed by atoms with Gasteiger partial charge in [0, 0.05) is 51.0 Å². The van der Waals surface area contributed by atoms with Crippen molar-refractivity contribution in [3.63, 3.8) is 0 Å².